The summed E-state index contributed by atoms with van der Waals surface area (Å²) in [6, 6.07) is 8.64. The van der Waals surface area contributed by atoms with Gasteiger partial charge < -0.3 is 10.1 Å². The van der Waals surface area contributed by atoms with Gasteiger partial charge in [-0.1, -0.05) is 25.0 Å². The van der Waals surface area contributed by atoms with E-state index in [0.717, 1.165) is 29.9 Å². The minimum Gasteiger partial charge on any atom is -0.481 e. The number of benzene rings is 1. The summed E-state index contributed by atoms with van der Waals surface area (Å²) >= 11 is 0. The number of H-pyrrole nitrogens is 1. The lowest BCUT2D eigenvalue weighted by atomic mass is 9.81. The Morgan fingerprint density at radius 3 is 2.77 bits per heavy atom. The van der Waals surface area contributed by atoms with Gasteiger partial charge in [-0.2, -0.15) is 0 Å². The number of carboxylic acid groups (broad SMARTS) is 1. The monoisotopic (exact) mass is 354 g/mol. The average Bonchev–Trinajstić information content (AvgIpc) is 3.36. The van der Waals surface area contributed by atoms with Crippen molar-refractivity contribution < 1.29 is 9.90 Å². The zero-order valence-corrected chi connectivity index (χ0v) is 15.0. The van der Waals surface area contributed by atoms with E-state index in [1.165, 1.54) is 25.7 Å². The van der Waals surface area contributed by atoms with E-state index >= 15 is 0 Å². The first-order chi connectivity index (χ1) is 12.6. The number of carbonyl (C=O) groups is 1. The van der Waals surface area contributed by atoms with Crippen molar-refractivity contribution in [2.75, 3.05) is 26.2 Å². The van der Waals surface area contributed by atoms with Gasteiger partial charge in [-0.05, 0) is 25.0 Å². The highest BCUT2D eigenvalue weighted by molar-refractivity contribution is 5.77. The molecule has 0 bridgehead atoms. The number of likely N-dealkylation sites (tertiary alicyclic amines) is 2. The van der Waals surface area contributed by atoms with E-state index in [4.69, 9.17) is 0 Å². The molecule has 138 valence electrons. The van der Waals surface area contributed by atoms with Gasteiger partial charge in [-0.3, -0.25) is 14.6 Å². The Balaban J connectivity index is 1.32. The normalized spacial score (nSPS) is 30.4. The molecule has 6 nitrogen and oxygen atoms in total. The largest absolute Gasteiger partial charge is 0.481 e. The minimum atomic E-state index is -0.616. The molecule has 0 radical (unpaired) electrons. The molecule has 2 N–H and O–H groups in total. The second-order valence-corrected chi connectivity index (χ2v) is 8.40. The SMILES string of the molecule is O=C(O)[C@@]12CN(Cc3nc4ccccc4[nH]3)C[C@@H]1CN(C1CCCC1)C2. The smallest absolute Gasteiger partial charge is 0.312 e. The zero-order valence-electron chi connectivity index (χ0n) is 15.0. The number of hydrogen-bond donors (Lipinski definition) is 2. The number of aliphatic carboxylic acids is 1. The highest BCUT2D eigenvalue weighted by Crippen LogP contribution is 2.45. The summed E-state index contributed by atoms with van der Waals surface area (Å²) in [7, 11) is 0. The Bertz CT molecular complexity index is 795. The molecule has 1 aromatic heterocycles. The summed E-state index contributed by atoms with van der Waals surface area (Å²) in [5.74, 6) is 0.541. The molecule has 2 aliphatic heterocycles. The van der Waals surface area contributed by atoms with Gasteiger partial charge in [0.1, 0.15) is 5.82 Å². The van der Waals surface area contributed by atoms with Gasteiger partial charge in [-0.15, -0.1) is 0 Å². The molecule has 2 aromatic rings. The van der Waals surface area contributed by atoms with Crippen molar-refractivity contribution in [3.05, 3.63) is 30.1 Å². The second-order valence-electron chi connectivity index (χ2n) is 8.40. The number of nitrogens with zero attached hydrogens (tertiary/aromatic N) is 3. The number of nitrogens with one attached hydrogen (secondary N) is 1. The summed E-state index contributed by atoms with van der Waals surface area (Å²) in [4.78, 5) is 25.0. The number of fused-ring (bicyclic) bond motifs is 2. The van der Waals surface area contributed by atoms with Crippen LogP contribution in [0.2, 0.25) is 0 Å². The Kier molecular flexibility index (Phi) is 3.79. The Morgan fingerprint density at radius 2 is 2.04 bits per heavy atom. The molecule has 1 aliphatic carbocycles. The average molecular weight is 354 g/mol. The van der Waals surface area contributed by atoms with Gasteiger partial charge in [-0.25, -0.2) is 4.98 Å². The third-order valence-electron chi connectivity index (χ3n) is 6.78. The van der Waals surface area contributed by atoms with Crippen LogP contribution in [0.25, 0.3) is 11.0 Å². The first-order valence-corrected chi connectivity index (χ1v) is 9.77. The van der Waals surface area contributed by atoms with Crippen LogP contribution in [-0.2, 0) is 11.3 Å². The van der Waals surface area contributed by atoms with Crippen LogP contribution in [0.1, 0.15) is 31.5 Å². The summed E-state index contributed by atoms with van der Waals surface area (Å²) in [6.07, 6.45) is 5.07. The Hall–Kier alpha value is -1.92. The number of rotatable bonds is 4. The molecule has 3 fully saturated rings. The number of aromatic amines is 1. The van der Waals surface area contributed by atoms with E-state index in [0.29, 0.717) is 25.7 Å². The molecule has 2 atom stereocenters. The van der Waals surface area contributed by atoms with Crippen molar-refractivity contribution in [2.24, 2.45) is 11.3 Å². The van der Waals surface area contributed by atoms with Crippen molar-refractivity contribution >= 4 is 17.0 Å². The van der Waals surface area contributed by atoms with Gasteiger partial charge in [0.15, 0.2) is 0 Å². The third-order valence-corrected chi connectivity index (χ3v) is 6.78. The molecule has 26 heavy (non-hydrogen) atoms. The van der Waals surface area contributed by atoms with Crippen LogP contribution >= 0.6 is 0 Å². The predicted octanol–water partition coefficient (Wildman–Crippen LogP) is 2.32. The third kappa shape index (κ3) is 2.55. The van der Waals surface area contributed by atoms with E-state index in [-0.39, 0.29) is 5.92 Å². The number of hydrogen-bond acceptors (Lipinski definition) is 4. The predicted molar refractivity (Wildman–Crippen MR) is 98.8 cm³/mol. The van der Waals surface area contributed by atoms with E-state index in [9.17, 15) is 9.90 Å². The van der Waals surface area contributed by atoms with Gasteiger partial charge in [0.05, 0.1) is 23.0 Å². The highest BCUT2D eigenvalue weighted by Gasteiger charge is 2.58. The van der Waals surface area contributed by atoms with Crippen molar-refractivity contribution in [3.63, 3.8) is 0 Å². The molecule has 3 aliphatic rings. The first kappa shape index (κ1) is 16.3. The van der Waals surface area contributed by atoms with Crippen LogP contribution in [0.3, 0.4) is 0 Å². The lowest BCUT2D eigenvalue weighted by molar-refractivity contribution is -0.149. The fourth-order valence-corrected chi connectivity index (χ4v) is 5.47. The molecule has 0 unspecified atom stereocenters. The summed E-state index contributed by atoms with van der Waals surface area (Å²) in [6.45, 7) is 3.84. The summed E-state index contributed by atoms with van der Waals surface area (Å²) in [5.41, 5.74) is 1.42. The van der Waals surface area contributed by atoms with Crippen LogP contribution in [0.15, 0.2) is 24.3 Å². The van der Waals surface area contributed by atoms with Crippen molar-refractivity contribution in [1.82, 2.24) is 19.8 Å². The lowest BCUT2D eigenvalue weighted by Gasteiger charge is -2.28. The standard InChI is InChI=1S/C20H26N4O2/c25-19(26)20-12-23(11-18-21-16-7-3-4-8-17(16)22-18)9-14(20)10-24(13-20)15-5-1-2-6-15/h3-4,7-8,14-15H,1-2,5-6,9-13H2,(H,21,22)(H,25,26)/t14-,20-/m1/s1. The van der Waals surface area contributed by atoms with Crippen molar-refractivity contribution in [1.29, 1.82) is 0 Å². The molecule has 0 amide bonds. The summed E-state index contributed by atoms with van der Waals surface area (Å²) in [5, 5.41) is 10.1. The topological polar surface area (TPSA) is 72.5 Å². The molecule has 1 aromatic carbocycles. The number of para-hydroxylation sites is 2. The molecular formula is C20H26N4O2. The van der Waals surface area contributed by atoms with E-state index < -0.39 is 11.4 Å². The van der Waals surface area contributed by atoms with Crippen molar-refractivity contribution in [2.45, 2.75) is 38.3 Å². The van der Waals surface area contributed by atoms with Crippen LogP contribution in [-0.4, -0.2) is 63.1 Å². The van der Waals surface area contributed by atoms with Gasteiger partial charge in [0.2, 0.25) is 0 Å². The van der Waals surface area contributed by atoms with Crippen LogP contribution in [0.4, 0.5) is 0 Å². The quantitative estimate of drug-likeness (QED) is 0.882. The summed E-state index contributed by atoms with van der Waals surface area (Å²) < 4.78 is 0. The molecule has 0 spiro atoms. The Morgan fingerprint density at radius 1 is 1.23 bits per heavy atom. The molecular weight excluding hydrogens is 328 g/mol. The molecule has 6 heteroatoms. The number of aromatic nitrogens is 2. The van der Waals surface area contributed by atoms with Crippen LogP contribution in [0, 0.1) is 11.3 Å². The fourth-order valence-electron chi connectivity index (χ4n) is 5.47. The number of carboxylic acids is 1. The van der Waals surface area contributed by atoms with Crippen molar-refractivity contribution in [3.8, 4) is 0 Å². The molecule has 3 heterocycles. The maximum absolute atomic E-state index is 12.2. The Labute approximate surface area is 153 Å². The zero-order chi connectivity index (χ0) is 17.7. The lowest BCUT2D eigenvalue weighted by Crippen LogP contribution is -2.42. The molecule has 5 rings (SSSR count). The van der Waals surface area contributed by atoms with E-state index in [2.05, 4.69) is 19.8 Å². The fraction of sp³-hybridized carbons (Fsp3) is 0.600. The second kappa shape index (κ2) is 6.06. The van der Waals surface area contributed by atoms with E-state index in [1.807, 2.05) is 24.3 Å². The minimum absolute atomic E-state index is 0.227. The van der Waals surface area contributed by atoms with E-state index in [1.54, 1.807) is 0 Å². The first-order valence-electron chi connectivity index (χ1n) is 9.77. The van der Waals surface area contributed by atoms with Crippen LogP contribution < -0.4 is 0 Å². The highest BCUT2D eigenvalue weighted by atomic mass is 16.4. The van der Waals surface area contributed by atoms with Gasteiger partial charge >= 0.3 is 5.97 Å². The number of imidazole rings is 1. The maximum atomic E-state index is 12.2. The van der Waals surface area contributed by atoms with Gasteiger partial charge in [0.25, 0.3) is 0 Å². The molecule has 1 saturated carbocycles. The maximum Gasteiger partial charge on any atom is 0.312 e. The molecule has 2 saturated heterocycles. The van der Waals surface area contributed by atoms with Crippen LogP contribution in [0.5, 0.6) is 0 Å². The van der Waals surface area contributed by atoms with Gasteiger partial charge in [0, 0.05) is 38.1 Å².